The molecular formula is C12H10O7S2. The van der Waals surface area contributed by atoms with Crippen LogP contribution in [0.15, 0.2) is 52.3 Å². The molecule has 0 fully saturated rings. The Bertz CT molecular complexity index is 885. The second-order valence-electron chi connectivity index (χ2n) is 4.11. The first-order valence-electron chi connectivity index (χ1n) is 5.49. The van der Waals surface area contributed by atoms with Crippen molar-refractivity contribution >= 4 is 20.2 Å². The molecule has 9 heteroatoms. The molecule has 0 aliphatic heterocycles. The van der Waals surface area contributed by atoms with Crippen molar-refractivity contribution in [2.24, 2.45) is 0 Å². The third-order valence-electron chi connectivity index (χ3n) is 2.72. The Morgan fingerprint density at radius 2 is 1.33 bits per heavy atom. The molecule has 2 aromatic rings. The predicted octanol–water partition coefficient (Wildman–Crippen LogP) is 1.55. The van der Waals surface area contributed by atoms with Crippen molar-refractivity contribution < 1.29 is 31.0 Å². The van der Waals surface area contributed by atoms with Gasteiger partial charge in [0.25, 0.3) is 20.2 Å². The number of hydrogen-bond acceptors (Lipinski definition) is 5. The van der Waals surface area contributed by atoms with Crippen molar-refractivity contribution in [1.29, 1.82) is 0 Å². The first kappa shape index (κ1) is 15.4. The lowest BCUT2D eigenvalue weighted by atomic mass is 10.1. The van der Waals surface area contributed by atoms with E-state index in [0.29, 0.717) is 5.56 Å². The molecule has 0 unspecified atom stereocenters. The van der Waals surface area contributed by atoms with Crippen LogP contribution >= 0.6 is 0 Å². The van der Waals surface area contributed by atoms with Crippen LogP contribution in [-0.2, 0) is 20.2 Å². The van der Waals surface area contributed by atoms with Crippen LogP contribution in [0.25, 0.3) is 11.1 Å². The fourth-order valence-corrected chi connectivity index (χ4v) is 3.74. The summed E-state index contributed by atoms with van der Waals surface area (Å²) in [6.45, 7) is 0. The van der Waals surface area contributed by atoms with Crippen LogP contribution in [0.2, 0.25) is 0 Å². The molecule has 0 radical (unpaired) electrons. The van der Waals surface area contributed by atoms with Crippen LogP contribution in [0.4, 0.5) is 0 Å². The van der Waals surface area contributed by atoms with Crippen LogP contribution < -0.4 is 0 Å². The molecule has 0 saturated carbocycles. The summed E-state index contributed by atoms with van der Waals surface area (Å²) in [6, 6.07) is 9.96. The van der Waals surface area contributed by atoms with E-state index in [2.05, 4.69) is 0 Å². The minimum atomic E-state index is -5.07. The maximum Gasteiger partial charge on any atom is 0.299 e. The molecule has 0 atom stereocenters. The Morgan fingerprint density at radius 3 is 1.81 bits per heavy atom. The summed E-state index contributed by atoms with van der Waals surface area (Å²) in [5.74, 6) is -0.959. The number of hydrogen-bond donors (Lipinski definition) is 3. The summed E-state index contributed by atoms with van der Waals surface area (Å²) in [6.07, 6.45) is 0. The predicted molar refractivity (Wildman–Crippen MR) is 73.2 cm³/mol. The van der Waals surface area contributed by atoms with E-state index < -0.39 is 35.8 Å². The summed E-state index contributed by atoms with van der Waals surface area (Å²) in [5, 5.41) is 10.0. The zero-order chi connectivity index (χ0) is 15.8. The molecule has 112 valence electrons. The molecule has 0 bridgehead atoms. The number of rotatable bonds is 3. The van der Waals surface area contributed by atoms with E-state index in [1.54, 1.807) is 30.3 Å². The number of aromatic hydroxyl groups is 1. The summed E-state index contributed by atoms with van der Waals surface area (Å²) >= 11 is 0. The summed E-state index contributed by atoms with van der Waals surface area (Å²) in [5.41, 5.74) is 0.400. The van der Waals surface area contributed by atoms with Crippen molar-refractivity contribution in [1.82, 2.24) is 0 Å². The van der Waals surface area contributed by atoms with Gasteiger partial charge in [0.2, 0.25) is 0 Å². The summed E-state index contributed by atoms with van der Waals surface area (Å²) < 4.78 is 63.1. The first-order chi connectivity index (χ1) is 9.62. The average Bonchev–Trinajstić information content (AvgIpc) is 2.36. The van der Waals surface area contributed by atoms with Crippen LogP contribution in [0, 0.1) is 0 Å². The molecule has 0 saturated heterocycles. The van der Waals surface area contributed by atoms with Gasteiger partial charge in [-0.1, -0.05) is 30.3 Å². The maximum absolute atomic E-state index is 11.3. The maximum atomic E-state index is 11.3. The van der Waals surface area contributed by atoms with Crippen LogP contribution in [0.3, 0.4) is 0 Å². The Balaban J connectivity index is 2.88. The molecule has 0 spiro atoms. The van der Waals surface area contributed by atoms with Crippen LogP contribution in [0.5, 0.6) is 5.75 Å². The molecule has 2 aromatic carbocycles. The minimum Gasteiger partial charge on any atom is -0.506 e. The molecule has 2 rings (SSSR count). The molecular weight excluding hydrogens is 320 g/mol. The molecule has 3 N–H and O–H groups in total. The fourth-order valence-electron chi connectivity index (χ4n) is 1.86. The van der Waals surface area contributed by atoms with E-state index in [-0.39, 0.29) is 5.56 Å². The van der Waals surface area contributed by atoms with E-state index in [0.717, 1.165) is 12.1 Å². The lowest BCUT2D eigenvalue weighted by molar-refractivity contribution is 0.432. The van der Waals surface area contributed by atoms with Gasteiger partial charge in [0.1, 0.15) is 10.6 Å². The monoisotopic (exact) mass is 330 g/mol. The lowest BCUT2D eigenvalue weighted by Gasteiger charge is -2.11. The quantitative estimate of drug-likeness (QED) is 0.728. The number of phenols is 1. The fraction of sp³-hybridized carbons (Fsp3) is 0. The van der Waals surface area contributed by atoms with Crippen molar-refractivity contribution in [3.05, 3.63) is 42.5 Å². The second kappa shape index (κ2) is 5.11. The van der Waals surface area contributed by atoms with E-state index in [4.69, 9.17) is 9.11 Å². The largest absolute Gasteiger partial charge is 0.506 e. The third-order valence-corrected chi connectivity index (χ3v) is 4.67. The zero-order valence-corrected chi connectivity index (χ0v) is 12.0. The normalized spacial score (nSPS) is 12.3. The Labute approximate surface area is 121 Å². The minimum absolute atomic E-state index is 0.00405. The average molecular weight is 330 g/mol. The van der Waals surface area contributed by atoms with Crippen molar-refractivity contribution in [2.75, 3.05) is 0 Å². The van der Waals surface area contributed by atoms with Gasteiger partial charge in [-0.25, -0.2) is 0 Å². The van der Waals surface area contributed by atoms with E-state index in [1.165, 1.54) is 0 Å². The van der Waals surface area contributed by atoms with Gasteiger partial charge in [-0.2, -0.15) is 16.8 Å². The molecule has 7 nitrogen and oxygen atoms in total. The van der Waals surface area contributed by atoms with Gasteiger partial charge in [0.15, 0.2) is 4.90 Å². The molecule has 0 heterocycles. The highest BCUT2D eigenvalue weighted by molar-refractivity contribution is 7.89. The van der Waals surface area contributed by atoms with Gasteiger partial charge in [-0.3, -0.25) is 9.11 Å². The topological polar surface area (TPSA) is 129 Å². The van der Waals surface area contributed by atoms with E-state index >= 15 is 0 Å². The van der Waals surface area contributed by atoms with Crippen molar-refractivity contribution in [2.45, 2.75) is 9.79 Å². The molecule has 0 aliphatic rings. The summed E-state index contributed by atoms with van der Waals surface area (Å²) in [7, 11) is -10.0. The number of benzene rings is 2. The highest BCUT2D eigenvalue weighted by Crippen LogP contribution is 2.38. The van der Waals surface area contributed by atoms with Gasteiger partial charge >= 0.3 is 0 Å². The SMILES string of the molecule is O=S(=O)(O)c1ccc(-c2ccccc2)c(O)c1S(=O)(=O)O. The Morgan fingerprint density at radius 1 is 0.762 bits per heavy atom. The van der Waals surface area contributed by atoms with Crippen LogP contribution in [-0.4, -0.2) is 31.0 Å². The second-order valence-corrected chi connectivity index (χ2v) is 6.85. The van der Waals surface area contributed by atoms with Gasteiger partial charge in [0.05, 0.1) is 0 Å². The third kappa shape index (κ3) is 3.05. The molecule has 0 aliphatic carbocycles. The number of phenolic OH excluding ortho intramolecular Hbond substituents is 1. The highest BCUT2D eigenvalue weighted by Gasteiger charge is 2.29. The molecule has 0 aromatic heterocycles. The van der Waals surface area contributed by atoms with E-state index in [9.17, 15) is 21.9 Å². The van der Waals surface area contributed by atoms with Gasteiger partial charge in [0, 0.05) is 5.56 Å². The van der Waals surface area contributed by atoms with Gasteiger partial charge < -0.3 is 5.11 Å². The Kier molecular flexibility index (Phi) is 3.76. The van der Waals surface area contributed by atoms with Crippen molar-refractivity contribution in [3.63, 3.8) is 0 Å². The van der Waals surface area contributed by atoms with Gasteiger partial charge in [-0.15, -0.1) is 0 Å². The first-order valence-corrected chi connectivity index (χ1v) is 8.37. The summed E-state index contributed by atoms with van der Waals surface area (Å²) in [4.78, 5) is -2.35. The van der Waals surface area contributed by atoms with Crippen LogP contribution in [0.1, 0.15) is 0 Å². The van der Waals surface area contributed by atoms with E-state index in [1.807, 2.05) is 0 Å². The molecule has 21 heavy (non-hydrogen) atoms. The lowest BCUT2D eigenvalue weighted by Crippen LogP contribution is -2.09. The smallest absolute Gasteiger partial charge is 0.299 e. The van der Waals surface area contributed by atoms with Crippen molar-refractivity contribution in [3.8, 4) is 16.9 Å². The standard InChI is InChI=1S/C12H10O7S2/c13-11-9(8-4-2-1-3-5-8)6-7-10(20(14,15)16)12(11)21(17,18)19/h1-7,13H,(H,14,15,16)(H,17,18,19). The molecule has 0 amide bonds. The highest BCUT2D eigenvalue weighted by atomic mass is 32.2. The van der Waals surface area contributed by atoms with Gasteiger partial charge in [-0.05, 0) is 17.7 Å². The Hall–Kier alpha value is -1.94. The zero-order valence-electron chi connectivity index (χ0n) is 10.3.